The van der Waals surface area contributed by atoms with Crippen molar-refractivity contribution in [3.8, 4) is 5.75 Å². The van der Waals surface area contributed by atoms with Crippen LogP contribution in [0.3, 0.4) is 0 Å². The number of ether oxygens (including phenoxy) is 1. The van der Waals surface area contributed by atoms with Gasteiger partial charge in [0, 0.05) is 12.2 Å². The first kappa shape index (κ1) is 17.5. The van der Waals surface area contributed by atoms with Gasteiger partial charge in [-0.25, -0.2) is 0 Å². The van der Waals surface area contributed by atoms with E-state index in [1.54, 1.807) is 12.1 Å². The molecule has 24 heavy (non-hydrogen) atoms. The van der Waals surface area contributed by atoms with Crippen molar-refractivity contribution in [3.05, 3.63) is 59.7 Å². The topological polar surface area (TPSA) is 67.4 Å². The number of hydrogen-bond donors (Lipinski definition) is 2. The van der Waals surface area contributed by atoms with Crippen molar-refractivity contribution < 1.29 is 14.3 Å². The van der Waals surface area contributed by atoms with Gasteiger partial charge in [-0.2, -0.15) is 0 Å². The molecule has 5 heteroatoms. The van der Waals surface area contributed by atoms with E-state index in [4.69, 9.17) is 4.74 Å². The third-order valence-corrected chi connectivity index (χ3v) is 3.23. The van der Waals surface area contributed by atoms with Crippen LogP contribution in [0.25, 0.3) is 0 Å². The number of amides is 2. The van der Waals surface area contributed by atoms with E-state index in [9.17, 15) is 9.59 Å². The molecule has 0 heterocycles. The van der Waals surface area contributed by atoms with Gasteiger partial charge in [-0.05, 0) is 56.2 Å². The molecular weight excluding hydrogens is 304 g/mol. The second-order valence-electron chi connectivity index (χ2n) is 5.82. The molecule has 2 rings (SSSR count). The SMILES string of the molecule is Cc1cccc(NC(=O)C(=O)NCc2ccc(OC(C)C)cc2)c1. The summed E-state index contributed by atoms with van der Waals surface area (Å²) in [5, 5.41) is 5.18. The maximum absolute atomic E-state index is 11.9. The van der Waals surface area contributed by atoms with Gasteiger partial charge < -0.3 is 15.4 Å². The van der Waals surface area contributed by atoms with Crippen LogP contribution < -0.4 is 15.4 Å². The van der Waals surface area contributed by atoms with E-state index in [1.807, 2.05) is 57.2 Å². The molecule has 2 amide bonds. The van der Waals surface area contributed by atoms with Gasteiger partial charge >= 0.3 is 11.8 Å². The fraction of sp³-hybridized carbons (Fsp3) is 0.263. The lowest BCUT2D eigenvalue weighted by atomic mass is 10.2. The molecule has 0 fully saturated rings. The standard InChI is InChI=1S/C19H22N2O3/c1-13(2)24-17-9-7-15(8-10-17)12-20-18(22)19(23)21-16-6-4-5-14(3)11-16/h4-11,13H,12H2,1-3H3,(H,20,22)(H,21,23). The van der Waals surface area contributed by atoms with E-state index in [2.05, 4.69) is 10.6 Å². The second-order valence-corrected chi connectivity index (χ2v) is 5.82. The number of aryl methyl sites for hydroxylation is 1. The first-order chi connectivity index (χ1) is 11.4. The molecule has 0 bridgehead atoms. The Morgan fingerprint density at radius 2 is 1.75 bits per heavy atom. The normalized spacial score (nSPS) is 10.3. The van der Waals surface area contributed by atoms with E-state index in [1.165, 1.54) is 0 Å². The number of nitrogens with one attached hydrogen (secondary N) is 2. The minimum Gasteiger partial charge on any atom is -0.491 e. The Kier molecular flexibility index (Phi) is 5.95. The molecule has 2 N–H and O–H groups in total. The minimum atomic E-state index is -0.680. The quantitative estimate of drug-likeness (QED) is 0.830. The van der Waals surface area contributed by atoms with Gasteiger partial charge in [0.15, 0.2) is 0 Å². The Morgan fingerprint density at radius 3 is 2.38 bits per heavy atom. The summed E-state index contributed by atoms with van der Waals surface area (Å²) < 4.78 is 5.56. The van der Waals surface area contributed by atoms with Crippen molar-refractivity contribution in [1.29, 1.82) is 0 Å². The van der Waals surface area contributed by atoms with Gasteiger partial charge in [0.2, 0.25) is 0 Å². The molecule has 0 saturated heterocycles. The highest BCUT2D eigenvalue weighted by Gasteiger charge is 2.13. The van der Waals surface area contributed by atoms with Gasteiger partial charge in [0.1, 0.15) is 5.75 Å². The number of carbonyl (C=O) groups excluding carboxylic acids is 2. The average Bonchev–Trinajstić information content (AvgIpc) is 2.53. The molecular formula is C19H22N2O3. The highest BCUT2D eigenvalue weighted by molar-refractivity contribution is 6.39. The van der Waals surface area contributed by atoms with E-state index in [0.29, 0.717) is 5.69 Å². The average molecular weight is 326 g/mol. The lowest BCUT2D eigenvalue weighted by Crippen LogP contribution is -2.34. The molecule has 0 aromatic heterocycles. The van der Waals surface area contributed by atoms with Crippen LogP contribution in [-0.4, -0.2) is 17.9 Å². The lowest BCUT2D eigenvalue weighted by Gasteiger charge is -2.10. The van der Waals surface area contributed by atoms with E-state index in [-0.39, 0.29) is 12.6 Å². The summed E-state index contributed by atoms with van der Waals surface area (Å²) in [7, 11) is 0. The lowest BCUT2D eigenvalue weighted by molar-refractivity contribution is -0.136. The van der Waals surface area contributed by atoms with Gasteiger partial charge in [-0.3, -0.25) is 9.59 Å². The van der Waals surface area contributed by atoms with Crippen molar-refractivity contribution in [2.45, 2.75) is 33.4 Å². The van der Waals surface area contributed by atoms with Crippen molar-refractivity contribution in [3.63, 3.8) is 0 Å². The zero-order valence-electron chi connectivity index (χ0n) is 14.1. The Bertz CT molecular complexity index is 709. The molecule has 0 aliphatic heterocycles. The highest BCUT2D eigenvalue weighted by atomic mass is 16.5. The van der Waals surface area contributed by atoms with Crippen LogP contribution >= 0.6 is 0 Å². The first-order valence-electron chi connectivity index (χ1n) is 7.85. The summed E-state index contributed by atoms with van der Waals surface area (Å²) in [6.45, 7) is 6.12. The summed E-state index contributed by atoms with van der Waals surface area (Å²) in [5.74, 6) is -0.573. The monoisotopic (exact) mass is 326 g/mol. The Balaban J connectivity index is 1.84. The van der Waals surface area contributed by atoms with Crippen LogP contribution in [0.2, 0.25) is 0 Å². The van der Waals surface area contributed by atoms with Gasteiger partial charge in [-0.15, -0.1) is 0 Å². The Morgan fingerprint density at radius 1 is 1.04 bits per heavy atom. The molecule has 0 saturated carbocycles. The zero-order chi connectivity index (χ0) is 17.5. The second kappa shape index (κ2) is 8.15. The summed E-state index contributed by atoms with van der Waals surface area (Å²) in [6, 6.07) is 14.7. The molecule has 0 radical (unpaired) electrons. The third-order valence-electron chi connectivity index (χ3n) is 3.23. The molecule has 2 aromatic carbocycles. The molecule has 2 aromatic rings. The van der Waals surface area contributed by atoms with Crippen molar-refractivity contribution in [1.82, 2.24) is 5.32 Å². The fourth-order valence-electron chi connectivity index (χ4n) is 2.13. The minimum absolute atomic E-state index is 0.112. The summed E-state index contributed by atoms with van der Waals surface area (Å²) in [6.07, 6.45) is 0.112. The number of benzene rings is 2. The number of anilines is 1. The van der Waals surface area contributed by atoms with Crippen molar-refractivity contribution >= 4 is 17.5 Å². The smallest absolute Gasteiger partial charge is 0.313 e. The molecule has 0 spiro atoms. The fourth-order valence-corrected chi connectivity index (χ4v) is 2.13. The summed E-state index contributed by atoms with van der Waals surface area (Å²) >= 11 is 0. The highest BCUT2D eigenvalue weighted by Crippen LogP contribution is 2.13. The van der Waals surface area contributed by atoms with Crippen molar-refractivity contribution in [2.24, 2.45) is 0 Å². The van der Waals surface area contributed by atoms with E-state index >= 15 is 0 Å². The maximum Gasteiger partial charge on any atom is 0.313 e. The van der Waals surface area contributed by atoms with Crippen LogP contribution in [-0.2, 0) is 16.1 Å². The molecule has 0 atom stereocenters. The molecule has 126 valence electrons. The van der Waals surface area contributed by atoms with Crippen LogP contribution in [0.1, 0.15) is 25.0 Å². The van der Waals surface area contributed by atoms with Crippen LogP contribution in [0.5, 0.6) is 5.75 Å². The zero-order valence-corrected chi connectivity index (χ0v) is 14.1. The molecule has 0 aliphatic rings. The molecule has 5 nitrogen and oxygen atoms in total. The number of carbonyl (C=O) groups is 2. The summed E-state index contributed by atoms with van der Waals surface area (Å²) in [4.78, 5) is 23.7. The van der Waals surface area contributed by atoms with E-state index < -0.39 is 11.8 Å². The van der Waals surface area contributed by atoms with Crippen LogP contribution in [0.15, 0.2) is 48.5 Å². The largest absolute Gasteiger partial charge is 0.491 e. The van der Waals surface area contributed by atoms with Crippen LogP contribution in [0, 0.1) is 6.92 Å². The van der Waals surface area contributed by atoms with Gasteiger partial charge in [0.05, 0.1) is 6.10 Å². The Hall–Kier alpha value is -2.82. The predicted octanol–water partition coefficient (Wildman–Crippen LogP) is 3.04. The van der Waals surface area contributed by atoms with E-state index in [0.717, 1.165) is 16.9 Å². The third kappa shape index (κ3) is 5.43. The summed E-state index contributed by atoms with van der Waals surface area (Å²) in [5.41, 5.74) is 2.50. The number of rotatable bonds is 5. The van der Waals surface area contributed by atoms with Crippen molar-refractivity contribution in [2.75, 3.05) is 5.32 Å². The number of hydrogen-bond acceptors (Lipinski definition) is 3. The van der Waals surface area contributed by atoms with Gasteiger partial charge in [-0.1, -0.05) is 24.3 Å². The Labute approximate surface area is 142 Å². The first-order valence-corrected chi connectivity index (χ1v) is 7.85. The molecule has 0 unspecified atom stereocenters. The molecule has 0 aliphatic carbocycles. The maximum atomic E-state index is 11.9. The van der Waals surface area contributed by atoms with Gasteiger partial charge in [0.25, 0.3) is 0 Å². The predicted molar refractivity (Wildman–Crippen MR) is 93.9 cm³/mol. The van der Waals surface area contributed by atoms with Crippen LogP contribution in [0.4, 0.5) is 5.69 Å².